The van der Waals surface area contributed by atoms with Crippen molar-refractivity contribution in [3.8, 4) is 6.07 Å². The normalized spacial score (nSPS) is 22.0. The van der Waals surface area contributed by atoms with Crippen LogP contribution < -0.4 is 10.6 Å². The molecule has 118 valence electrons. The summed E-state index contributed by atoms with van der Waals surface area (Å²) >= 11 is 0. The zero-order valence-corrected chi connectivity index (χ0v) is 13.6. The van der Waals surface area contributed by atoms with E-state index in [2.05, 4.69) is 28.6 Å². The predicted molar refractivity (Wildman–Crippen MR) is 90.5 cm³/mol. The lowest BCUT2D eigenvalue weighted by molar-refractivity contribution is 0.304. The van der Waals surface area contributed by atoms with Crippen molar-refractivity contribution >= 4 is 5.96 Å². The minimum Gasteiger partial charge on any atom is -0.354 e. The third-order valence-electron chi connectivity index (χ3n) is 4.50. The Morgan fingerprint density at radius 1 is 1.32 bits per heavy atom. The van der Waals surface area contributed by atoms with Crippen LogP contribution in [0.3, 0.4) is 0 Å². The van der Waals surface area contributed by atoms with Crippen molar-refractivity contribution in [1.29, 1.82) is 5.26 Å². The smallest absolute Gasteiger partial charge is 0.191 e. The van der Waals surface area contributed by atoms with Gasteiger partial charge in [0.25, 0.3) is 0 Å². The highest BCUT2D eigenvalue weighted by Gasteiger charge is 2.20. The molecule has 1 aliphatic rings. The van der Waals surface area contributed by atoms with Gasteiger partial charge in [-0.25, -0.2) is 0 Å². The van der Waals surface area contributed by atoms with E-state index >= 15 is 0 Å². The molecule has 1 aromatic rings. The fraction of sp³-hybridized carbons (Fsp3) is 0.556. The summed E-state index contributed by atoms with van der Waals surface area (Å²) in [5.74, 6) is 1.75. The molecule has 4 heteroatoms. The summed E-state index contributed by atoms with van der Waals surface area (Å²) in [6.07, 6.45) is 6.38. The molecular formula is C18H26N4. The number of rotatable bonds is 4. The second kappa shape index (κ2) is 8.43. The van der Waals surface area contributed by atoms with Gasteiger partial charge in [-0.15, -0.1) is 0 Å². The number of guanidine groups is 1. The average Bonchev–Trinajstić information content (AvgIpc) is 2.59. The molecule has 2 N–H and O–H groups in total. The Bertz CT molecular complexity index is 536. The molecule has 1 aromatic carbocycles. The first-order chi connectivity index (χ1) is 10.7. The van der Waals surface area contributed by atoms with Crippen molar-refractivity contribution < 1.29 is 0 Å². The fourth-order valence-corrected chi connectivity index (χ4v) is 3.04. The first-order valence-corrected chi connectivity index (χ1v) is 8.21. The number of nitrogens with one attached hydrogen (secondary N) is 2. The molecule has 0 heterocycles. The van der Waals surface area contributed by atoms with Gasteiger partial charge in [0.1, 0.15) is 0 Å². The molecule has 1 saturated carbocycles. The molecule has 2 rings (SSSR count). The molecule has 0 radical (unpaired) electrons. The maximum absolute atomic E-state index is 8.94. The van der Waals surface area contributed by atoms with E-state index in [0.29, 0.717) is 18.2 Å². The molecule has 1 fully saturated rings. The molecule has 22 heavy (non-hydrogen) atoms. The topological polar surface area (TPSA) is 60.2 Å². The molecule has 0 amide bonds. The highest BCUT2D eigenvalue weighted by molar-refractivity contribution is 5.79. The quantitative estimate of drug-likeness (QED) is 0.663. The molecular weight excluding hydrogens is 272 g/mol. The fourth-order valence-electron chi connectivity index (χ4n) is 3.04. The highest BCUT2D eigenvalue weighted by atomic mass is 15.2. The number of benzene rings is 1. The molecule has 1 aliphatic carbocycles. The van der Waals surface area contributed by atoms with Crippen LogP contribution in [-0.2, 0) is 6.54 Å². The predicted octanol–water partition coefficient (Wildman–Crippen LogP) is 3.19. The van der Waals surface area contributed by atoms with Gasteiger partial charge in [-0.2, -0.15) is 5.26 Å². The Labute approximate surface area is 133 Å². The molecule has 0 bridgehead atoms. The van der Waals surface area contributed by atoms with Crippen LogP contribution in [0.15, 0.2) is 29.3 Å². The first kappa shape index (κ1) is 16.4. The Kier molecular flexibility index (Phi) is 6.27. The summed E-state index contributed by atoms with van der Waals surface area (Å²) in [6.45, 7) is 2.97. The second-order valence-corrected chi connectivity index (χ2v) is 6.01. The van der Waals surface area contributed by atoms with Crippen molar-refractivity contribution in [3.63, 3.8) is 0 Å². The van der Waals surface area contributed by atoms with Crippen LogP contribution in [0.1, 0.15) is 50.2 Å². The SMILES string of the molecule is CCC1CCC(NC(=NC)NCc2cccc(C#N)c2)CC1. The van der Waals surface area contributed by atoms with E-state index in [9.17, 15) is 0 Å². The third-order valence-corrected chi connectivity index (χ3v) is 4.50. The Balaban J connectivity index is 1.81. The third kappa shape index (κ3) is 4.77. The second-order valence-electron chi connectivity index (χ2n) is 6.01. The van der Waals surface area contributed by atoms with Crippen molar-refractivity contribution in [3.05, 3.63) is 35.4 Å². The molecule has 0 unspecified atom stereocenters. The molecule has 4 nitrogen and oxygen atoms in total. The van der Waals surface area contributed by atoms with Gasteiger partial charge in [0.15, 0.2) is 5.96 Å². The van der Waals surface area contributed by atoms with Crippen LogP contribution in [0, 0.1) is 17.2 Å². The standard InChI is InChI=1S/C18H26N4/c1-3-14-7-9-17(10-8-14)22-18(20-2)21-13-16-6-4-5-15(11-16)12-19/h4-6,11,14,17H,3,7-10,13H2,1-2H3,(H2,20,21,22). The lowest BCUT2D eigenvalue weighted by Gasteiger charge is -2.29. The van der Waals surface area contributed by atoms with Crippen LogP contribution in [0.5, 0.6) is 0 Å². The number of hydrogen-bond acceptors (Lipinski definition) is 2. The Morgan fingerprint density at radius 2 is 2.09 bits per heavy atom. The van der Waals surface area contributed by atoms with Crippen molar-refractivity contribution in [2.24, 2.45) is 10.9 Å². The van der Waals surface area contributed by atoms with Crippen LogP contribution in [0.25, 0.3) is 0 Å². The van der Waals surface area contributed by atoms with Crippen LogP contribution >= 0.6 is 0 Å². The number of nitrogens with zero attached hydrogens (tertiary/aromatic N) is 2. The number of aliphatic imine (C=N–C) groups is 1. The van der Waals surface area contributed by atoms with Crippen LogP contribution in [0.2, 0.25) is 0 Å². The van der Waals surface area contributed by atoms with Gasteiger partial charge in [0.2, 0.25) is 0 Å². The van der Waals surface area contributed by atoms with E-state index in [4.69, 9.17) is 5.26 Å². The van der Waals surface area contributed by atoms with Gasteiger partial charge in [0, 0.05) is 19.6 Å². The van der Waals surface area contributed by atoms with E-state index in [0.717, 1.165) is 17.4 Å². The Morgan fingerprint density at radius 3 is 2.73 bits per heavy atom. The van der Waals surface area contributed by atoms with Crippen LogP contribution in [-0.4, -0.2) is 19.0 Å². The minimum atomic E-state index is 0.527. The average molecular weight is 298 g/mol. The number of nitriles is 1. The van der Waals surface area contributed by atoms with Gasteiger partial charge in [-0.05, 0) is 49.3 Å². The van der Waals surface area contributed by atoms with Crippen molar-refractivity contribution in [2.45, 2.75) is 51.6 Å². The maximum atomic E-state index is 8.94. The summed E-state index contributed by atoms with van der Waals surface area (Å²) in [5, 5.41) is 15.8. The van der Waals surface area contributed by atoms with E-state index in [-0.39, 0.29) is 0 Å². The van der Waals surface area contributed by atoms with Crippen molar-refractivity contribution in [2.75, 3.05) is 7.05 Å². The van der Waals surface area contributed by atoms with E-state index in [1.54, 1.807) is 7.05 Å². The number of hydrogen-bond donors (Lipinski definition) is 2. The van der Waals surface area contributed by atoms with Gasteiger partial charge >= 0.3 is 0 Å². The highest BCUT2D eigenvalue weighted by Crippen LogP contribution is 2.26. The largest absolute Gasteiger partial charge is 0.354 e. The van der Waals surface area contributed by atoms with Gasteiger partial charge < -0.3 is 10.6 Å². The lowest BCUT2D eigenvalue weighted by Crippen LogP contribution is -2.44. The van der Waals surface area contributed by atoms with Crippen LogP contribution in [0.4, 0.5) is 0 Å². The summed E-state index contributed by atoms with van der Waals surface area (Å²) in [6, 6.07) is 10.4. The van der Waals surface area contributed by atoms with Crippen molar-refractivity contribution in [1.82, 2.24) is 10.6 Å². The summed E-state index contributed by atoms with van der Waals surface area (Å²) in [5.41, 5.74) is 1.79. The van der Waals surface area contributed by atoms with Gasteiger partial charge in [0.05, 0.1) is 11.6 Å². The summed E-state index contributed by atoms with van der Waals surface area (Å²) in [7, 11) is 1.80. The molecule has 0 aliphatic heterocycles. The first-order valence-electron chi connectivity index (χ1n) is 8.21. The lowest BCUT2D eigenvalue weighted by atomic mass is 9.84. The Hall–Kier alpha value is -2.02. The minimum absolute atomic E-state index is 0.527. The summed E-state index contributed by atoms with van der Waals surface area (Å²) in [4.78, 5) is 4.31. The molecule has 0 saturated heterocycles. The summed E-state index contributed by atoms with van der Waals surface area (Å²) < 4.78 is 0. The van der Waals surface area contributed by atoms with E-state index in [1.807, 2.05) is 24.3 Å². The van der Waals surface area contributed by atoms with E-state index in [1.165, 1.54) is 32.1 Å². The monoisotopic (exact) mass is 298 g/mol. The molecule has 0 atom stereocenters. The molecule has 0 spiro atoms. The van der Waals surface area contributed by atoms with Gasteiger partial charge in [-0.3, -0.25) is 4.99 Å². The molecule has 0 aromatic heterocycles. The van der Waals surface area contributed by atoms with Gasteiger partial charge in [-0.1, -0.05) is 25.5 Å². The maximum Gasteiger partial charge on any atom is 0.191 e. The zero-order chi connectivity index (χ0) is 15.8. The van der Waals surface area contributed by atoms with E-state index < -0.39 is 0 Å². The zero-order valence-electron chi connectivity index (χ0n) is 13.6.